The van der Waals surface area contributed by atoms with Gasteiger partial charge in [-0.2, -0.15) is 0 Å². The van der Waals surface area contributed by atoms with Crippen LogP contribution in [0, 0.1) is 17.8 Å². The molecule has 42 heavy (non-hydrogen) atoms. The average molecular weight is 590 g/mol. The summed E-state index contributed by atoms with van der Waals surface area (Å²) in [6, 6.07) is 0. The van der Waals surface area contributed by atoms with Gasteiger partial charge in [0.1, 0.15) is 11.7 Å². The number of rotatable bonds is 12. The zero-order valence-corrected chi connectivity index (χ0v) is 27.1. The van der Waals surface area contributed by atoms with Crippen LogP contribution >= 0.6 is 0 Å². The maximum absolute atomic E-state index is 12.8. The second-order valence-electron chi connectivity index (χ2n) is 12.2. The second-order valence-corrected chi connectivity index (χ2v) is 12.2. The Labute approximate surface area is 253 Å². The van der Waals surface area contributed by atoms with Crippen LogP contribution in [0.5, 0.6) is 0 Å². The first kappa shape index (κ1) is 35.8. The molecule has 2 rings (SSSR count). The summed E-state index contributed by atoms with van der Waals surface area (Å²) >= 11 is 0. The molecular formula is C34H55NO7. The van der Waals surface area contributed by atoms with Crippen molar-refractivity contribution in [2.45, 2.75) is 116 Å². The predicted octanol–water partition coefficient (Wildman–Crippen LogP) is 6.40. The zero-order chi connectivity index (χ0) is 31.4. The molecule has 238 valence electrons. The molecule has 1 saturated heterocycles. The summed E-state index contributed by atoms with van der Waals surface area (Å²) in [6.45, 7) is 16.5. The van der Waals surface area contributed by atoms with Crippen LogP contribution in [0.2, 0.25) is 0 Å². The lowest BCUT2D eigenvalue weighted by Crippen LogP contribution is -2.46. The Kier molecular flexibility index (Phi) is 14.5. The molecule has 8 nitrogen and oxygen atoms in total. The van der Waals surface area contributed by atoms with Crippen molar-refractivity contribution in [3.8, 4) is 0 Å². The molecule has 1 amide bonds. The monoisotopic (exact) mass is 589 g/mol. The highest BCUT2D eigenvalue weighted by Crippen LogP contribution is 2.37. The Morgan fingerprint density at radius 1 is 1.33 bits per heavy atom. The number of esters is 1. The van der Waals surface area contributed by atoms with E-state index in [1.165, 1.54) is 4.90 Å². The third kappa shape index (κ3) is 10.7. The number of methoxy groups -OCH3 is 1. The number of cyclic esters (lactones) is 1. The molecule has 2 aliphatic heterocycles. The van der Waals surface area contributed by atoms with Crippen LogP contribution in [0.15, 0.2) is 48.6 Å². The third-order valence-corrected chi connectivity index (χ3v) is 8.60. The fourth-order valence-electron chi connectivity index (χ4n) is 5.39. The van der Waals surface area contributed by atoms with Gasteiger partial charge in [0.15, 0.2) is 6.10 Å². The summed E-state index contributed by atoms with van der Waals surface area (Å²) in [7, 11) is 3.24. The molecule has 0 aromatic carbocycles. The van der Waals surface area contributed by atoms with Crippen LogP contribution in [0.1, 0.15) is 80.1 Å². The van der Waals surface area contributed by atoms with Crippen molar-refractivity contribution >= 4 is 12.1 Å². The van der Waals surface area contributed by atoms with Gasteiger partial charge in [0.2, 0.25) is 0 Å². The van der Waals surface area contributed by atoms with Crippen molar-refractivity contribution in [3.63, 3.8) is 0 Å². The van der Waals surface area contributed by atoms with E-state index in [-0.39, 0.29) is 31.0 Å². The standard InChI is InChI=1S/C34H55NO7/c1-10-14-26(11-2)32-28(40-32)21-23(4)15-13-16-24(5)31-25(6)17-18-29(41-33(38)35(8)12-3)34(7,39-9)20-19-27(36)22-30(37)42-31/h11,13,15-18,23,25-29,31-32,36H,2,10,12,14,19-22H2,1,3-9H3/b15-13+,18-17+,24-16+/t23-,25+,26-,27?,28-,29+,31-,32-,34-/m1/s1. The van der Waals surface area contributed by atoms with Crippen LogP contribution in [-0.2, 0) is 23.7 Å². The first-order valence-corrected chi connectivity index (χ1v) is 15.5. The molecule has 0 saturated carbocycles. The Morgan fingerprint density at radius 2 is 2.05 bits per heavy atom. The van der Waals surface area contributed by atoms with Crippen LogP contribution in [-0.4, -0.2) is 78.9 Å². The number of aliphatic hydroxyl groups excluding tert-OH is 1. The lowest BCUT2D eigenvalue weighted by Gasteiger charge is -2.36. The van der Waals surface area contributed by atoms with Gasteiger partial charge in [-0.05, 0) is 64.0 Å². The van der Waals surface area contributed by atoms with Crippen LogP contribution in [0.25, 0.3) is 0 Å². The number of epoxide rings is 1. The Hall–Kier alpha value is -2.42. The summed E-state index contributed by atoms with van der Waals surface area (Å²) in [5, 5.41) is 10.6. The summed E-state index contributed by atoms with van der Waals surface area (Å²) < 4.78 is 23.5. The molecule has 0 aromatic rings. The highest BCUT2D eigenvalue weighted by molar-refractivity contribution is 5.70. The molecule has 1 N–H and O–H groups in total. The highest BCUT2D eigenvalue weighted by Gasteiger charge is 2.43. The molecule has 8 heteroatoms. The lowest BCUT2D eigenvalue weighted by atomic mass is 9.88. The van der Waals surface area contributed by atoms with E-state index in [1.807, 2.05) is 58.1 Å². The van der Waals surface area contributed by atoms with E-state index in [0.717, 1.165) is 24.8 Å². The third-order valence-electron chi connectivity index (χ3n) is 8.60. The quantitative estimate of drug-likeness (QED) is 0.122. The van der Waals surface area contributed by atoms with Gasteiger partial charge in [0.25, 0.3) is 0 Å². The van der Waals surface area contributed by atoms with Gasteiger partial charge in [-0.1, -0.05) is 57.6 Å². The highest BCUT2D eigenvalue weighted by atomic mass is 16.6. The zero-order valence-electron chi connectivity index (χ0n) is 27.1. The summed E-state index contributed by atoms with van der Waals surface area (Å²) in [5.41, 5.74) is -0.0180. The van der Waals surface area contributed by atoms with Crippen molar-refractivity contribution in [1.82, 2.24) is 4.90 Å². The minimum Gasteiger partial charge on any atom is -0.457 e. The van der Waals surface area contributed by atoms with Crippen molar-refractivity contribution < 1.29 is 33.6 Å². The number of ether oxygens (including phenoxy) is 4. The van der Waals surface area contributed by atoms with E-state index in [1.54, 1.807) is 14.2 Å². The minimum absolute atomic E-state index is 0.123. The predicted molar refractivity (Wildman–Crippen MR) is 166 cm³/mol. The maximum atomic E-state index is 12.8. The van der Waals surface area contributed by atoms with Gasteiger partial charge < -0.3 is 29.0 Å². The van der Waals surface area contributed by atoms with Gasteiger partial charge in [-0.25, -0.2) is 4.79 Å². The molecule has 0 aromatic heterocycles. The van der Waals surface area contributed by atoms with Gasteiger partial charge in [0, 0.05) is 32.5 Å². The smallest absolute Gasteiger partial charge is 0.410 e. The number of carbonyl (C=O) groups excluding carboxylic acids is 2. The molecule has 1 fully saturated rings. The SMILES string of the molecule is C=C[C@H](CCC)[C@H]1O[C@@H]1C[C@H](C)/C=C/C=C(\C)[C@H]1OC(=O)CC(O)CC[C@@](C)(OC)[C@@H](OC(=O)N(C)CC)/C=C/[C@@H]1C. The average Bonchev–Trinajstić information content (AvgIpc) is 3.72. The molecular weight excluding hydrogens is 534 g/mol. The van der Waals surface area contributed by atoms with Crippen LogP contribution < -0.4 is 0 Å². The van der Waals surface area contributed by atoms with Crippen molar-refractivity contribution in [3.05, 3.63) is 48.6 Å². The van der Waals surface area contributed by atoms with Gasteiger partial charge in [-0.3, -0.25) is 4.79 Å². The van der Waals surface area contributed by atoms with E-state index < -0.39 is 36.0 Å². The van der Waals surface area contributed by atoms with Crippen molar-refractivity contribution in [2.24, 2.45) is 17.8 Å². The largest absolute Gasteiger partial charge is 0.457 e. The Balaban J connectivity index is 2.21. The van der Waals surface area contributed by atoms with Gasteiger partial charge >= 0.3 is 12.1 Å². The first-order valence-electron chi connectivity index (χ1n) is 15.5. The second kappa shape index (κ2) is 17.0. The van der Waals surface area contributed by atoms with E-state index in [2.05, 4.69) is 26.5 Å². The number of carbonyl (C=O) groups is 2. The number of nitrogens with zero attached hydrogens (tertiary/aromatic N) is 1. The number of amides is 1. The molecule has 0 aliphatic carbocycles. The van der Waals surface area contributed by atoms with Crippen LogP contribution in [0.4, 0.5) is 4.79 Å². The number of allylic oxidation sites excluding steroid dienone is 3. The summed E-state index contributed by atoms with van der Waals surface area (Å²) in [4.78, 5) is 27.0. The molecule has 0 spiro atoms. The fourth-order valence-corrected chi connectivity index (χ4v) is 5.39. The molecule has 0 radical (unpaired) electrons. The summed E-state index contributed by atoms with van der Waals surface area (Å²) in [5.74, 6) is 0.0603. The first-order chi connectivity index (χ1) is 19.9. The molecule has 1 unspecified atom stereocenters. The lowest BCUT2D eigenvalue weighted by molar-refractivity contribution is -0.151. The number of hydrogen-bond donors (Lipinski definition) is 1. The molecule has 2 aliphatic rings. The van der Waals surface area contributed by atoms with Crippen molar-refractivity contribution in [1.29, 1.82) is 0 Å². The molecule has 9 atom stereocenters. The normalized spacial score (nSPS) is 33.1. The van der Waals surface area contributed by atoms with E-state index in [0.29, 0.717) is 24.8 Å². The van der Waals surface area contributed by atoms with Crippen molar-refractivity contribution in [2.75, 3.05) is 20.7 Å². The molecule has 2 heterocycles. The Bertz CT molecular complexity index is 975. The maximum Gasteiger partial charge on any atom is 0.410 e. The van der Waals surface area contributed by atoms with E-state index >= 15 is 0 Å². The number of hydrogen-bond acceptors (Lipinski definition) is 7. The summed E-state index contributed by atoms with van der Waals surface area (Å²) in [6.07, 6.45) is 13.5. The minimum atomic E-state index is -0.905. The van der Waals surface area contributed by atoms with E-state index in [9.17, 15) is 14.7 Å². The van der Waals surface area contributed by atoms with Crippen LogP contribution in [0.3, 0.4) is 0 Å². The van der Waals surface area contributed by atoms with Gasteiger partial charge in [-0.15, -0.1) is 6.58 Å². The van der Waals surface area contributed by atoms with E-state index in [4.69, 9.17) is 18.9 Å². The topological polar surface area (TPSA) is 97.8 Å². The van der Waals surface area contributed by atoms with Gasteiger partial charge in [0.05, 0.1) is 24.7 Å². The Morgan fingerprint density at radius 3 is 2.67 bits per heavy atom. The number of aliphatic hydroxyl groups is 1. The molecule has 0 bridgehead atoms. The fraction of sp³-hybridized carbons (Fsp3) is 0.706.